The molecule has 5 nitrogen and oxygen atoms in total. The van der Waals surface area contributed by atoms with E-state index in [-0.39, 0.29) is 12.4 Å². The van der Waals surface area contributed by atoms with Gasteiger partial charge in [-0.15, -0.1) is 0 Å². The van der Waals surface area contributed by atoms with Gasteiger partial charge in [0.2, 0.25) is 0 Å². The second kappa shape index (κ2) is 8.04. The highest BCUT2D eigenvalue weighted by atomic mass is 35.5. The van der Waals surface area contributed by atoms with E-state index in [9.17, 15) is 4.79 Å². The van der Waals surface area contributed by atoms with Gasteiger partial charge < -0.3 is 19.5 Å². The van der Waals surface area contributed by atoms with Crippen molar-refractivity contribution < 1.29 is 19.0 Å². The van der Waals surface area contributed by atoms with Crippen LogP contribution < -0.4 is 19.5 Å². The number of halogens is 3. The van der Waals surface area contributed by atoms with Crippen molar-refractivity contribution in [1.82, 2.24) is 0 Å². The van der Waals surface area contributed by atoms with Crippen molar-refractivity contribution >= 4 is 46.4 Å². The summed E-state index contributed by atoms with van der Waals surface area (Å²) in [6.07, 6.45) is 0.778. The fourth-order valence-corrected chi connectivity index (χ4v) is 2.93. The van der Waals surface area contributed by atoms with Crippen molar-refractivity contribution in [3.05, 3.63) is 45.4 Å². The lowest BCUT2D eigenvalue weighted by atomic mass is 10.2. The second-order valence-electron chi connectivity index (χ2n) is 5.22. The highest BCUT2D eigenvalue weighted by Gasteiger charge is 2.16. The smallest absolute Gasteiger partial charge is 0.262 e. The number of para-hydroxylation sites is 1. The van der Waals surface area contributed by atoms with Crippen LogP contribution in [0.15, 0.2) is 30.3 Å². The van der Waals surface area contributed by atoms with Crippen LogP contribution in [-0.4, -0.2) is 25.7 Å². The first kappa shape index (κ1) is 18.0. The van der Waals surface area contributed by atoms with Crippen molar-refractivity contribution in [3.63, 3.8) is 0 Å². The molecular formula is C17H14Cl3NO4. The van der Waals surface area contributed by atoms with Crippen LogP contribution in [0.25, 0.3) is 0 Å². The molecule has 0 saturated heterocycles. The number of anilines is 1. The predicted molar refractivity (Wildman–Crippen MR) is 97.6 cm³/mol. The average Bonchev–Trinajstić information content (AvgIpc) is 2.79. The predicted octanol–water partition coefficient (Wildman–Crippen LogP) is 4.83. The molecule has 2 aromatic carbocycles. The van der Waals surface area contributed by atoms with Gasteiger partial charge in [-0.1, -0.05) is 40.9 Å². The van der Waals surface area contributed by atoms with Crippen molar-refractivity contribution in [1.29, 1.82) is 0 Å². The first-order chi connectivity index (χ1) is 12.0. The number of benzene rings is 2. The Morgan fingerprint density at radius 3 is 2.36 bits per heavy atom. The molecule has 1 N–H and O–H groups in total. The molecule has 0 aromatic heterocycles. The number of rotatable bonds is 4. The van der Waals surface area contributed by atoms with E-state index >= 15 is 0 Å². The normalized spacial score (nSPS) is 13.1. The molecule has 2 aromatic rings. The van der Waals surface area contributed by atoms with E-state index in [1.54, 1.807) is 30.3 Å². The number of hydrogen-bond acceptors (Lipinski definition) is 4. The summed E-state index contributed by atoms with van der Waals surface area (Å²) in [6.45, 7) is 0.825. The van der Waals surface area contributed by atoms with Gasteiger partial charge in [0.15, 0.2) is 23.9 Å². The zero-order chi connectivity index (χ0) is 17.8. The third-order valence-electron chi connectivity index (χ3n) is 3.38. The van der Waals surface area contributed by atoms with Gasteiger partial charge in [0.05, 0.1) is 34.0 Å². The van der Waals surface area contributed by atoms with E-state index < -0.39 is 5.91 Å². The van der Waals surface area contributed by atoms with Crippen LogP contribution in [0.5, 0.6) is 17.2 Å². The van der Waals surface area contributed by atoms with Gasteiger partial charge in [-0.2, -0.15) is 0 Å². The summed E-state index contributed by atoms with van der Waals surface area (Å²) < 4.78 is 16.5. The summed E-state index contributed by atoms with van der Waals surface area (Å²) >= 11 is 18.2. The highest BCUT2D eigenvalue weighted by molar-refractivity contribution is 6.37. The number of nitrogens with one attached hydrogen (secondary N) is 1. The van der Waals surface area contributed by atoms with Crippen LogP contribution in [0.2, 0.25) is 15.1 Å². The monoisotopic (exact) mass is 401 g/mol. The van der Waals surface area contributed by atoms with Gasteiger partial charge in [-0.3, -0.25) is 4.79 Å². The minimum absolute atomic E-state index is 0.255. The maximum absolute atomic E-state index is 12.1. The van der Waals surface area contributed by atoms with E-state index in [1.165, 1.54) is 0 Å². The van der Waals surface area contributed by atoms with Crippen molar-refractivity contribution in [2.24, 2.45) is 0 Å². The summed E-state index contributed by atoms with van der Waals surface area (Å²) in [5.74, 6) is 0.935. The number of fused-ring (bicyclic) bond motifs is 1. The third kappa shape index (κ3) is 4.42. The Bertz CT molecular complexity index is 777. The molecule has 0 atom stereocenters. The number of carbonyl (C=O) groups is 1. The number of amides is 1. The average molecular weight is 403 g/mol. The van der Waals surface area contributed by atoms with Crippen LogP contribution in [0.1, 0.15) is 6.42 Å². The lowest BCUT2D eigenvalue weighted by Crippen LogP contribution is -2.20. The van der Waals surface area contributed by atoms with Gasteiger partial charge in [0.1, 0.15) is 0 Å². The Morgan fingerprint density at radius 1 is 1.04 bits per heavy atom. The maximum atomic E-state index is 12.1. The van der Waals surface area contributed by atoms with Crippen LogP contribution in [0.4, 0.5) is 5.69 Å². The van der Waals surface area contributed by atoms with Crippen LogP contribution >= 0.6 is 34.8 Å². The molecule has 1 heterocycles. The Hall–Kier alpha value is -1.82. The Morgan fingerprint density at radius 2 is 1.68 bits per heavy atom. The second-order valence-corrected chi connectivity index (χ2v) is 6.44. The van der Waals surface area contributed by atoms with E-state index in [1.807, 2.05) is 0 Å². The lowest BCUT2D eigenvalue weighted by Gasteiger charge is -2.13. The number of carbonyl (C=O) groups excluding carboxylic acids is 1. The van der Waals surface area contributed by atoms with Gasteiger partial charge in [-0.25, -0.2) is 0 Å². The van der Waals surface area contributed by atoms with Gasteiger partial charge >= 0.3 is 0 Å². The number of hydrogen-bond donors (Lipinski definition) is 1. The third-order valence-corrected chi connectivity index (χ3v) is 4.29. The minimum atomic E-state index is -0.410. The molecule has 1 amide bonds. The van der Waals surface area contributed by atoms with Crippen molar-refractivity contribution in [2.45, 2.75) is 6.42 Å². The molecule has 0 unspecified atom stereocenters. The first-order valence-corrected chi connectivity index (χ1v) is 8.64. The van der Waals surface area contributed by atoms with Crippen LogP contribution in [0.3, 0.4) is 0 Å². The van der Waals surface area contributed by atoms with Crippen LogP contribution in [0, 0.1) is 0 Å². The van der Waals surface area contributed by atoms with E-state index in [0.717, 1.165) is 6.42 Å². The highest BCUT2D eigenvalue weighted by Crippen LogP contribution is 2.38. The molecule has 132 valence electrons. The number of ether oxygens (including phenoxy) is 3. The minimum Gasteiger partial charge on any atom is -0.490 e. The fourth-order valence-electron chi connectivity index (χ4n) is 2.22. The summed E-state index contributed by atoms with van der Waals surface area (Å²) in [6, 6.07) is 8.19. The van der Waals surface area contributed by atoms with E-state index in [4.69, 9.17) is 49.0 Å². The molecule has 0 bridgehead atoms. The molecular weight excluding hydrogens is 389 g/mol. The molecule has 0 aliphatic carbocycles. The quantitative estimate of drug-likeness (QED) is 0.796. The largest absolute Gasteiger partial charge is 0.490 e. The molecule has 0 radical (unpaired) electrons. The maximum Gasteiger partial charge on any atom is 0.262 e. The Labute approximate surface area is 159 Å². The Kier molecular flexibility index (Phi) is 5.78. The zero-order valence-electron chi connectivity index (χ0n) is 13.0. The summed E-state index contributed by atoms with van der Waals surface area (Å²) in [5.41, 5.74) is 0.407. The summed E-state index contributed by atoms with van der Waals surface area (Å²) in [7, 11) is 0. The standard InChI is InChI=1S/C17H14Cl3NO4/c18-10-3-1-4-11(19)17(10)25-9-16(22)21-13-8-15-14(7-12(13)20)23-5-2-6-24-15/h1,3-4,7-8H,2,5-6,9H2,(H,21,22). The van der Waals surface area contributed by atoms with Gasteiger partial charge in [0, 0.05) is 18.6 Å². The van der Waals surface area contributed by atoms with Crippen molar-refractivity contribution in [2.75, 3.05) is 25.1 Å². The first-order valence-electron chi connectivity index (χ1n) is 7.50. The SMILES string of the molecule is O=C(COc1c(Cl)cccc1Cl)Nc1cc2c(cc1Cl)OCCCO2. The van der Waals surface area contributed by atoms with Gasteiger partial charge in [-0.05, 0) is 12.1 Å². The van der Waals surface area contributed by atoms with E-state index in [2.05, 4.69) is 5.32 Å². The summed E-state index contributed by atoms with van der Waals surface area (Å²) in [4.78, 5) is 12.1. The molecule has 1 aliphatic heterocycles. The molecule has 8 heteroatoms. The topological polar surface area (TPSA) is 56.8 Å². The van der Waals surface area contributed by atoms with Crippen molar-refractivity contribution in [3.8, 4) is 17.2 Å². The van der Waals surface area contributed by atoms with E-state index in [0.29, 0.717) is 45.5 Å². The molecule has 1 aliphatic rings. The molecule has 0 spiro atoms. The lowest BCUT2D eigenvalue weighted by molar-refractivity contribution is -0.118. The Balaban J connectivity index is 1.68. The fraction of sp³-hybridized carbons (Fsp3) is 0.235. The zero-order valence-corrected chi connectivity index (χ0v) is 15.2. The summed E-state index contributed by atoms with van der Waals surface area (Å²) in [5, 5.41) is 3.67. The molecule has 3 rings (SSSR count). The van der Waals surface area contributed by atoms with Crippen LogP contribution in [-0.2, 0) is 4.79 Å². The molecule has 0 fully saturated rings. The van der Waals surface area contributed by atoms with Gasteiger partial charge in [0.25, 0.3) is 5.91 Å². The molecule has 25 heavy (non-hydrogen) atoms. The molecule has 0 saturated carbocycles.